The molecule has 4 nitrogen and oxygen atoms in total. The fraction of sp³-hybridized carbons (Fsp3) is 1.00. The van der Waals surface area contributed by atoms with Crippen molar-refractivity contribution < 1.29 is 8.42 Å². The van der Waals surface area contributed by atoms with E-state index in [1.165, 1.54) is 19.1 Å². The zero-order chi connectivity index (χ0) is 12.0. The van der Waals surface area contributed by atoms with Crippen molar-refractivity contribution >= 4 is 9.84 Å². The molecule has 0 aliphatic carbocycles. The molecule has 1 N–H and O–H groups in total. The van der Waals surface area contributed by atoms with Crippen LogP contribution in [0.2, 0.25) is 0 Å². The van der Waals surface area contributed by atoms with Gasteiger partial charge in [0.1, 0.15) is 9.84 Å². The quantitative estimate of drug-likeness (QED) is 0.737. The van der Waals surface area contributed by atoms with E-state index in [0.29, 0.717) is 12.3 Å². The first kappa shape index (κ1) is 13.9. The molecule has 1 rings (SSSR count). The molecule has 0 aromatic heterocycles. The van der Waals surface area contributed by atoms with Crippen molar-refractivity contribution in [3.05, 3.63) is 0 Å². The first-order valence-electron chi connectivity index (χ1n) is 6.12. The number of nitrogens with one attached hydrogen (secondary N) is 1. The van der Waals surface area contributed by atoms with E-state index in [-0.39, 0.29) is 0 Å². The summed E-state index contributed by atoms with van der Waals surface area (Å²) in [6, 6.07) is 0. The van der Waals surface area contributed by atoms with Gasteiger partial charge in [-0.2, -0.15) is 0 Å². The SMILES string of the molecule is CCNCC1CCN(CCS(C)(=O)=O)CC1. The smallest absolute Gasteiger partial charge is 0.148 e. The van der Waals surface area contributed by atoms with Gasteiger partial charge in [-0.05, 0) is 44.9 Å². The lowest BCUT2D eigenvalue weighted by Crippen LogP contribution is -2.39. The van der Waals surface area contributed by atoms with Gasteiger partial charge in [0.2, 0.25) is 0 Å². The molecule has 0 radical (unpaired) electrons. The van der Waals surface area contributed by atoms with Gasteiger partial charge in [0.15, 0.2) is 0 Å². The Morgan fingerprint density at radius 1 is 1.31 bits per heavy atom. The fourth-order valence-corrected chi connectivity index (χ4v) is 2.65. The van der Waals surface area contributed by atoms with E-state index in [1.54, 1.807) is 0 Å². The summed E-state index contributed by atoms with van der Waals surface area (Å²) in [5.74, 6) is 1.07. The highest BCUT2D eigenvalue weighted by Gasteiger charge is 2.19. The van der Waals surface area contributed by atoms with Gasteiger partial charge in [0, 0.05) is 12.8 Å². The summed E-state index contributed by atoms with van der Waals surface area (Å²) < 4.78 is 22.1. The molecule has 1 fully saturated rings. The largest absolute Gasteiger partial charge is 0.317 e. The van der Waals surface area contributed by atoms with E-state index in [2.05, 4.69) is 17.1 Å². The monoisotopic (exact) mass is 248 g/mol. The molecule has 0 atom stereocenters. The van der Waals surface area contributed by atoms with Crippen LogP contribution in [-0.2, 0) is 9.84 Å². The van der Waals surface area contributed by atoms with Crippen molar-refractivity contribution in [3.8, 4) is 0 Å². The average Bonchev–Trinajstić information content (AvgIpc) is 2.24. The lowest BCUT2D eigenvalue weighted by atomic mass is 9.97. The van der Waals surface area contributed by atoms with Crippen LogP contribution in [-0.4, -0.2) is 58.1 Å². The van der Waals surface area contributed by atoms with Gasteiger partial charge in [-0.25, -0.2) is 8.42 Å². The Balaban J connectivity index is 2.17. The van der Waals surface area contributed by atoms with Gasteiger partial charge in [0.25, 0.3) is 0 Å². The van der Waals surface area contributed by atoms with Crippen LogP contribution < -0.4 is 5.32 Å². The summed E-state index contributed by atoms with van der Waals surface area (Å²) in [7, 11) is -2.81. The lowest BCUT2D eigenvalue weighted by Gasteiger charge is -2.31. The molecular formula is C11H24N2O2S. The number of hydrogen-bond donors (Lipinski definition) is 1. The molecule has 0 saturated carbocycles. The Labute approximate surface area is 99.3 Å². The molecule has 1 heterocycles. The molecule has 1 aliphatic rings. The topological polar surface area (TPSA) is 49.4 Å². The highest BCUT2D eigenvalue weighted by molar-refractivity contribution is 7.90. The van der Waals surface area contributed by atoms with Gasteiger partial charge in [-0.3, -0.25) is 0 Å². The molecule has 16 heavy (non-hydrogen) atoms. The number of nitrogens with zero attached hydrogens (tertiary/aromatic N) is 1. The molecule has 1 saturated heterocycles. The molecule has 96 valence electrons. The Kier molecular flexibility index (Phi) is 5.72. The Morgan fingerprint density at radius 3 is 2.44 bits per heavy atom. The summed E-state index contributed by atoms with van der Waals surface area (Å²) >= 11 is 0. The molecule has 0 unspecified atom stereocenters. The Hall–Kier alpha value is -0.130. The first-order valence-corrected chi connectivity index (χ1v) is 8.18. The number of rotatable bonds is 6. The van der Waals surface area contributed by atoms with Crippen LogP contribution >= 0.6 is 0 Å². The third-order valence-corrected chi connectivity index (χ3v) is 4.09. The zero-order valence-corrected chi connectivity index (χ0v) is 11.2. The van der Waals surface area contributed by atoms with E-state index in [9.17, 15) is 8.42 Å². The minimum absolute atomic E-state index is 0.297. The normalized spacial score (nSPS) is 20.1. The maximum Gasteiger partial charge on any atom is 0.148 e. The third-order valence-electron chi connectivity index (χ3n) is 3.17. The number of piperidine rings is 1. The van der Waals surface area contributed by atoms with Crippen LogP contribution in [0.1, 0.15) is 19.8 Å². The molecule has 0 aromatic rings. The maximum atomic E-state index is 11.0. The summed E-state index contributed by atoms with van der Waals surface area (Å²) in [6.45, 7) is 7.07. The minimum atomic E-state index is -2.81. The van der Waals surface area contributed by atoms with E-state index < -0.39 is 9.84 Å². The predicted octanol–water partition coefficient (Wildman–Crippen LogP) is 0.353. The van der Waals surface area contributed by atoms with Crippen molar-refractivity contribution in [2.24, 2.45) is 5.92 Å². The summed E-state index contributed by atoms with van der Waals surface area (Å²) in [5, 5.41) is 3.37. The van der Waals surface area contributed by atoms with Gasteiger partial charge in [-0.15, -0.1) is 0 Å². The third kappa shape index (κ3) is 5.82. The molecule has 0 bridgehead atoms. The average molecular weight is 248 g/mol. The van der Waals surface area contributed by atoms with Crippen LogP contribution in [0, 0.1) is 5.92 Å². The van der Waals surface area contributed by atoms with E-state index in [0.717, 1.165) is 32.1 Å². The van der Waals surface area contributed by atoms with Gasteiger partial charge in [-0.1, -0.05) is 6.92 Å². The van der Waals surface area contributed by atoms with E-state index in [1.807, 2.05) is 0 Å². The molecule has 0 amide bonds. The van der Waals surface area contributed by atoms with E-state index in [4.69, 9.17) is 0 Å². The second-order valence-corrected chi connectivity index (χ2v) is 6.98. The number of sulfone groups is 1. The van der Waals surface area contributed by atoms with Gasteiger partial charge < -0.3 is 10.2 Å². The summed E-state index contributed by atoms with van der Waals surface area (Å²) in [5.41, 5.74) is 0. The number of likely N-dealkylation sites (tertiary alicyclic amines) is 1. The highest BCUT2D eigenvalue weighted by atomic mass is 32.2. The summed E-state index contributed by atoms with van der Waals surface area (Å²) in [6.07, 6.45) is 3.69. The predicted molar refractivity (Wildman–Crippen MR) is 67.4 cm³/mol. The van der Waals surface area contributed by atoms with Crippen molar-refractivity contribution in [3.63, 3.8) is 0 Å². The minimum Gasteiger partial charge on any atom is -0.317 e. The number of hydrogen-bond acceptors (Lipinski definition) is 4. The van der Waals surface area contributed by atoms with Crippen LogP contribution in [0.4, 0.5) is 0 Å². The van der Waals surface area contributed by atoms with Crippen molar-refractivity contribution in [2.45, 2.75) is 19.8 Å². The van der Waals surface area contributed by atoms with Crippen LogP contribution in [0.3, 0.4) is 0 Å². The fourth-order valence-electron chi connectivity index (χ4n) is 2.06. The molecule has 0 aromatic carbocycles. The van der Waals surface area contributed by atoms with Gasteiger partial charge >= 0.3 is 0 Å². The van der Waals surface area contributed by atoms with Crippen LogP contribution in [0.25, 0.3) is 0 Å². The van der Waals surface area contributed by atoms with Crippen molar-refractivity contribution in [2.75, 3.05) is 44.7 Å². The first-order chi connectivity index (χ1) is 7.51. The molecule has 0 spiro atoms. The molecular weight excluding hydrogens is 224 g/mol. The van der Waals surface area contributed by atoms with Crippen LogP contribution in [0.15, 0.2) is 0 Å². The van der Waals surface area contributed by atoms with Gasteiger partial charge in [0.05, 0.1) is 5.75 Å². The Bertz CT molecular complexity index is 282. The standard InChI is InChI=1S/C11H24N2O2S/c1-3-12-10-11-4-6-13(7-5-11)8-9-16(2,14)15/h11-12H,3-10H2,1-2H3. The highest BCUT2D eigenvalue weighted by Crippen LogP contribution is 2.15. The Morgan fingerprint density at radius 2 is 1.94 bits per heavy atom. The second-order valence-electron chi connectivity index (χ2n) is 4.72. The molecule has 1 aliphatic heterocycles. The molecule has 5 heteroatoms. The zero-order valence-electron chi connectivity index (χ0n) is 10.4. The summed E-state index contributed by atoms with van der Waals surface area (Å²) in [4.78, 5) is 2.27. The maximum absolute atomic E-state index is 11.0. The second kappa shape index (κ2) is 6.57. The van der Waals surface area contributed by atoms with Crippen molar-refractivity contribution in [1.82, 2.24) is 10.2 Å². The van der Waals surface area contributed by atoms with Crippen molar-refractivity contribution in [1.29, 1.82) is 0 Å². The lowest BCUT2D eigenvalue weighted by molar-refractivity contribution is 0.191. The van der Waals surface area contributed by atoms with Crippen LogP contribution in [0.5, 0.6) is 0 Å². The van der Waals surface area contributed by atoms with E-state index >= 15 is 0 Å².